The summed E-state index contributed by atoms with van der Waals surface area (Å²) in [5, 5.41) is 0. The number of hydrogen-bond acceptors (Lipinski definition) is 2. The first-order chi connectivity index (χ1) is 10.0. The Morgan fingerprint density at radius 3 is 2.52 bits per heavy atom. The van der Waals surface area contributed by atoms with Gasteiger partial charge < -0.3 is 10.5 Å². The summed E-state index contributed by atoms with van der Waals surface area (Å²) in [5.74, 6) is 0.902. The Hall–Kier alpha value is -1.87. The molecule has 0 spiro atoms. The fourth-order valence-electron chi connectivity index (χ4n) is 2.33. The van der Waals surface area contributed by atoms with Gasteiger partial charge in [-0.2, -0.15) is 0 Å². The van der Waals surface area contributed by atoms with Crippen LogP contribution in [0.4, 0.5) is 4.39 Å². The Morgan fingerprint density at radius 2 is 1.90 bits per heavy atom. The van der Waals surface area contributed by atoms with Crippen LogP contribution in [-0.2, 0) is 0 Å². The molecule has 0 fully saturated rings. The highest BCUT2D eigenvalue weighted by molar-refractivity contribution is 5.39. The van der Waals surface area contributed by atoms with Gasteiger partial charge in [-0.15, -0.1) is 0 Å². The summed E-state index contributed by atoms with van der Waals surface area (Å²) in [6.07, 6.45) is -0.347. The summed E-state index contributed by atoms with van der Waals surface area (Å²) >= 11 is 0. The van der Waals surface area contributed by atoms with Crippen molar-refractivity contribution in [3.8, 4) is 5.75 Å². The molecule has 0 aromatic heterocycles. The second-order valence-electron chi connectivity index (χ2n) is 5.59. The molecule has 2 aromatic rings. The zero-order valence-corrected chi connectivity index (χ0v) is 12.8. The van der Waals surface area contributed by atoms with Crippen molar-refractivity contribution in [3.05, 3.63) is 65.0 Å². The van der Waals surface area contributed by atoms with Crippen LogP contribution in [0.3, 0.4) is 0 Å². The predicted octanol–water partition coefficient (Wildman–Crippen LogP) is 4.34. The number of rotatable bonds is 5. The largest absolute Gasteiger partial charge is 0.484 e. The normalized spacial score (nSPS) is 12.5. The molecule has 1 unspecified atom stereocenters. The molecule has 2 nitrogen and oxygen atoms in total. The van der Waals surface area contributed by atoms with E-state index < -0.39 is 0 Å². The molecule has 0 saturated carbocycles. The molecule has 0 saturated heterocycles. The second kappa shape index (κ2) is 6.72. The minimum atomic E-state index is -0.347. The van der Waals surface area contributed by atoms with Crippen molar-refractivity contribution in [1.29, 1.82) is 0 Å². The fourth-order valence-corrected chi connectivity index (χ4v) is 2.33. The van der Waals surface area contributed by atoms with Gasteiger partial charge in [0.15, 0.2) is 0 Å². The van der Waals surface area contributed by atoms with E-state index in [-0.39, 0.29) is 11.9 Å². The number of aryl methyl sites for hydroxylation is 1. The third kappa shape index (κ3) is 3.82. The van der Waals surface area contributed by atoms with E-state index in [1.54, 1.807) is 6.07 Å². The van der Waals surface area contributed by atoms with E-state index >= 15 is 0 Å². The highest BCUT2D eigenvalue weighted by Gasteiger charge is 2.16. The molecule has 0 aliphatic heterocycles. The average molecular weight is 287 g/mol. The van der Waals surface area contributed by atoms with Crippen LogP contribution < -0.4 is 10.5 Å². The van der Waals surface area contributed by atoms with Crippen molar-refractivity contribution < 1.29 is 9.13 Å². The summed E-state index contributed by atoms with van der Waals surface area (Å²) in [6, 6.07) is 12.6. The fraction of sp³-hybridized carbons (Fsp3) is 0.333. The summed E-state index contributed by atoms with van der Waals surface area (Å²) < 4.78 is 19.5. The number of benzene rings is 2. The van der Waals surface area contributed by atoms with Gasteiger partial charge in [0.25, 0.3) is 0 Å². The Bertz CT molecular complexity index is 610. The maximum Gasteiger partial charge on any atom is 0.136 e. The number of nitrogens with two attached hydrogens (primary N) is 1. The Morgan fingerprint density at radius 1 is 1.14 bits per heavy atom. The minimum Gasteiger partial charge on any atom is -0.484 e. The molecule has 0 amide bonds. The third-order valence-electron chi connectivity index (χ3n) is 3.49. The van der Waals surface area contributed by atoms with Gasteiger partial charge in [0.2, 0.25) is 0 Å². The topological polar surface area (TPSA) is 35.2 Å². The molecular weight excluding hydrogens is 265 g/mol. The van der Waals surface area contributed by atoms with E-state index in [9.17, 15) is 4.39 Å². The molecule has 0 heterocycles. The summed E-state index contributed by atoms with van der Waals surface area (Å²) in [4.78, 5) is 0. The van der Waals surface area contributed by atoms with Gasteiger partial charge in [-0.3, -0.25) is 0 Å². The SMILES string of the molecule is Cc1ccc(C(C)C)c(OC(CN)c2cccc(F)c2)c1. The van der Waals surface area contributed by atoms with Crippen LogP contribution in [0.1, 0.15) is 42.6 Å². The molecule has 3 heteroatoms. The first kappa shape index (κ1) is 15.5. The molecule has 0 bridgehead atoms. The van der Waals surface area contributed by atoms with E-state index in [1.807, 2.05) is 19.1 Å². The highest BCUT2D eigenvalue weighted by atomic mass is 19.1. The molecule has 2 rings (SSSR count). The molecule has 1 atom stereocenters. The second-order valence-corrected chi connectivity index (χ2v) is 5.59. The van der Waals surface area contributed by atoms with E-state index in [0.717, 1.165) is 22.4 Å². The van der Waals surface area contributed by atoms with Crippen molar-refractivity contribution >= 4 is 0 Å². The smallest absolute Gasteiger partial charge is 0.136 e. The first-order valence-electron chi connectivity index (χ1n) is 7.24. The molecule has 0 aliphatic carbocycles. The van der Waals surface area contributed by atoms with E-state index in [4.69, 9.17) is 10.5 Å². The Balaban J connectivity index is 2.32. The van der Waals surface area contributed by atoms with Crippen molar-refractivity contribution in [1.82, 2.24) is 0 Å². The van der Waals surface area contributed by atoms with E-state index in [2.05, 4.69) is 26.0 Å². The molecule has 112 valence electrons. The van der Waals surface area contributed by atoms with E-state index in [1.165, 1.54) is 12.1 Å². The lowest BCUT2D eigenvalue weighted by atomic mass is 10.0. The van der Waals surface area contributed by atoms with E-state index in [0.29, 0.717) is 12.5 Å². The molecule has 21 heavy (non-hydrogen) atoms. The highest BCUT2D eigenvalue weighted by Crippen LogP contribution is 2.31. The quantitative estimate of drug-likeness (QED) is 0.888. The Kier molecular flexibility index (Phi) is 4.97. The maximum absolute atomic E-state index is 13.4. The van der Waals surface area contributed by atoms with Gasteiger partial charge in [-0.25, -0.2) is 4.39 Å². The zero-order valence-electron chi connectivity index (χ0n) is 12.8. The standard InChI is InChI=1S/C18H22FNO/c1-12(2)16-8-7-13(3)9-17(16)21-18(11-20)14-5-4-6-15(19)10-14/h4-10,12,18H,11,20H2,1-3H3. The van der Waals surface area contributed by atoms with Crippen molar-refractivity contribution in [2.75, 3.05) is 6.54 Å². The summed E-state index contributed by atoms with van der Waals surface area (Å²) in [6.45, 7) is 6.57. The van der Waals surface area contributed by atoms with Crippen LogP contribution >= 0.6 is 0 Å². The maximum atomic E-state index is 13.4. The lowest BCUT2D eigenvalue weighted by Crippen LogP contribution is -2.19. The van der Waals surface area contributed by atoms with Crippen LogP contribution in [0.2, 0.25) is 0 Å². The van der Waals surface area contributed by atoms with Gasteiger partial charge in [0.1, 0.15) is 17.7 Å². The van der Waals surface area contributed by atoms with Crippen LogP contribution in [0.25, 0.3) is 0 Å². The average Bonchev–Trinajstić information content (AvgIpc) is 2.44. The monoisotopic (exact) mass is 287 g/mol. The van der Waals surface area contributed by atoms with Gasteiger partial charge in [-0.1, -0.05) is 38.1 Å². The van der Waals surface area contributed by atoms with Crippen LogP contribution in [-0.4, -0.2) is 6.54 Å². The first-order valence-corrected chi connectivity index (χ1v) is 7.24. The molecular formula is C18H22FNO. The summed E-state index contributed by atoms with van der Waals surface area (Å²) in [7, 11) is 0. The van der Waals surface area contributed by atoms with Gasteiger partial charge in [-0.05, 0) is 47.7 Å². The summed E-state index contributed by atoms with van der Waals surface area (Å²) in [5.41, 5.74) is 8.84. The zero-order chi connectivity index (χ0) is 15.4. The lowest BCUT2D eigenvalue weighted by Gasteiger charge is -2.22. The molecule has 0 radical (unpaired) electrons. The predicted molar refractivity (Wildman–Crippen MR) is 84.1 cm³/mol. The van der Waals surface area contributed by atoms with Crippen molar-refractivity contribution in [2.24, 2.45) is 5.73 Å². The lowest BCUT2D eigenvalue weighted by molar-refractivity contribution is 0.211. The number of hydrogen-bond donors (Lipinski definition) is 1. The number of halogens is 1. The minimum absolute atomic E-state index is 0.275. The van der Waals surface area contributed by atoms with Crippen molar-refractivity contribution in [3.63, 3.8) is 0 Å². The molecule has 0 aliphatic rings. The molecule has 2 aromatic carbocycles. The van der Waals surface area contributed by atoms with Gasteiger partial charge in [0.05, 0.1) is 0 Å². The van der Waals surface area contributed by atoms with Crippen LogP contribution in [0, 0.1) is 12.7 Å². The van der Waals surface area contributed by atoms with Crippen LogP contribution in [0.15, 0.2) is 42.5 Å². The van der Waals surface area contributed by atoms with Gasteiger partial charge in [0, 0.05) is 6.54 Å². The van der Waals surface area contributed by atoms with Crippen molar-refractivity contribution in [2.45, 2.75) is 32.8 Å². The Labute approximate surface area is 125 Å². The van der Waals surface area contributed by atoms with Gasteiger partial charge >= 0.3 is 0 Å². The van der Waals surface area contributed by atoms with Crippen LogP contribution in [0.5, 0.6) is 5.75 Å². The molecule has 2 N–H and O–H groups in total. The number of ether oxygens (including phenoxy) is 1. The third-order valence-corrected chi connectivity index (χ3v) is 3.49.